The fourth-order valence-corrected chi connectivity index (χ4v) is 7.89. The van der Waals surface area contributed by atoms with Crippen LogP contribution < -0.4 is 0 Å². The van der Waals surface area contributed by atoms with Gasteiger partial charge in [0.2, 0.25) is 23.6 Å². The summed E-state index contributed by atoms with van der Waals surface area (Å²) in [6.45, 7) is 2.16. The molecule has 2 saturated heterocycles. The zero-order valence-electron chi connectivity index (χ0n) is 24.9. The molecule has 3 fully saturated rings. The number of amides is 4. The van der Waals surface area contributed by atoms with Crippen molar-refractivity contribution in [1.82, 2.24) is 9.80 Å². The number of benzene rings is 1. The summed E-state index contributed by atoms with van der Waals surface area (Å²) < 4.78 is 0. The van der Waals surface area contributed by atoms with Crippen molar-refractivity contribution in [2.24, 2.45) is 29.6 Å². The van der Waals surface area contributed by atoms with E-state index in [4.69, 9.17) is 10.2 Å². The summed E-state index contributed by atoms with van der Waals surface area (Å²) in [5.74, 6) is -6.64. The number of carbonyl (C=O) groups excluding carboxylic acids is 4. The van der Waals surface area contributed by atoms with Crippen molar-refractivity contribution in [2.75, 3.05) is 13.1 Å². The molecule has 0 spiro atoms. The molecule has 3 N–H and O–H groups in total. The number of likely N-dealkylation sites (tertiary alicyclic amines) is 2. The van der Waals surface area contributed by atoms with Gasteiger partial charge in [-0.05, 0) is 56.9 Å². The summed E-state index contributed by atoms with van der Waals surface area (Å²) in [6.07, 6.45) is 5.61. The van der Waals surface area contributed by atoms with Gasteiger partial charge in [-0.1, -0.05) is 42.7 Å². The summed E-state index contributed by atoms with van der Waals surface area (Å²) in [7, 11) is 0. The zero-order chi connectivity index (χ0) is 31.7. The number of hydrogen-bond donors (Lipinski definition) is 3. The normalized spacial score (nSPS) is 27.7. The first-order chi connectivity index (χ1) is 21.0. The molecule has 4 aliphatic rings. The van der Waals surface area contributed by atoms with Gasteiger partial charge in [-0.25, -0.2) is 0 Å². The van der Waals surface area contributed by atoms with E-state index >= 15 is 0 Å². The highest BCUT2D eigenvalue weighted by Crippen LogP contribution is 2.59. The van der Waals surface area contributed by atoms with Crippen LogP contribution in [0.15, 0.2) is 29.8 Å². The van der Waals surface area contributed by atoms with Crippen molar-refractivity contribution in [1.29, 1.82) is 0 Å². The third kappa shape index (κ3) is 5.76. The summed E-state index contributed by atoms with van der Waals surface area (Å²) in [5.41, 5.74) is 1.98. The SMILES string of the molecule is Cc1cccc(C2C3=CCC4C(=O)N(CCCCCC(=O)O)C(=O)C4C3CC3C(=O)N(CCCCCC(=O)O)C(=O)C32)c1O. The number of aliphatic carboxylic acids is 2. The number of nitrogens with zero attached hydrogens (tertiary/aromatic N) is 2. The molecule has 6 atom stereocenters. The Hall–Kier alpha value is -4.02. The fraction of sp³-hybridized carbons (Fsp3) is 0.576. The quantitative estimate of drug-likeness (QED) is 0.172. The Kier molecular flexibility index (Phi) is 9.22. The summed E-state index contributed by atoms with van der Waals surface area (Å²) in [6, 6.07) is 5.32. The molecular weight excluding hydrogens is 568 g/mol. The van der Waals surface area contributed by atoms with Crippen molar-refractivity contribution < 1.29 is 44.1 Å². The number of phenols is 1. The topological polar surface area (TPSA) is 170 Å². The van der Waals surface area contributed by atoms with Gasteiger partial charge in [-0.3, -0.25) is 38.6 Å². The summed E-state index contributed by atoms with van der Waals surface area (Å²) in [4.78, 5) is 79.3. The predicted octanol–water partition coefficient (Wildman–Crippen LogP) is 3.63. The van der Waals surface area contributed by atoms with E-state index in [0.29, 0.717) is 56.1 Å². The van der Waals surface area contributed by atoms with Crippen LogP contribution in [0.25, 0.3) is 0 Å². The third-order valence-corrected chi connectivity index (χ3v) is 9.98. The standard InChI is InChI=1S/C33H40N2O9/c1-18-9-8-10-20(29(18)40)26-19-13-14-21-27(32(43)34(30(21)41)15-6-2-4-11-24(36)37)22(19)17-23-28(26)33(44)35(31(23)42)16-7-3-5-12-25(38)39/h8-10,13,21-23,26-28,40H,2-7,11-12,14-17H2,1H3,(H,36,37)(H,38,39). The second kappa shape index (κ2) is 12.9. The van der Waals surface area contributed by atoms with Gasteiger partial charge in [0.15, 0.2) is 0 Å². The van der Waals surface area contributed by atoms with Crippen LogP contribution in [0, 0.1) is 36.5 Å². The van der Waals surface area contributed by atoms with Gasteiger partial charge >= 0.3 is 11.9 Å². The molecule has 6 unspecified atom stereocenters. The van der Waals surface area contributed by atoms with E-state index in [0.717, 1.165) is 5.57 Å². The largest absolute Gasteiger partial charge is 0.507 e. The number of carboxylic acids is 2. The number of hydrogen-bond acceptors (Lipinski definition) is 7. The van der Waals surface area contributed by atoms with E-state index in [1.54, 1.807) is 25.1 Å². The Morgan fingerprint density at radius 1 is 0.750 bits per heavy atom. The smallest absolute Gasteiger partial charge is 0.303 e. The number of para-hydroxylation sites is 1. The number of carbonyl (C=O) groups is 6. The van der Waals surface area contributed by atoms with Gasteiger partial charge in [-0.2, -0.15) is 0 Å². The molecule has 44 heavy (non-hydrogen) atoms. The first kappa shape index (κ1) is 31.4. The van der Waals surface area contributed by atoms with E-state index in [2.05, 4.69) is 0 Å². The van der Waals surface area contributed by atoms with Gasteiger partial charge in [0.05, 0.1) is 23.7 Å². The second-order valence-corrected chi connectivity index (χ2v) is 12.6. The number of allylic oxidation sites excluding steroid dienone is 2. The molecule has 0 bridgehead atoms. The lowest BCUT2D eigenvalue weighted by Gasteiger charge is -2.44. The number of phenolic OH excluding ortho intramolecular Hbond substituents is 1. The zero-order valence-corrected chi connectivity index (χ0v) is 24.9. The first-order valence-corrected chi connectivity index (χ1v) is 15.6. The van der Waals surface area contributed by atoms with Gasteiger partial charge in [0, 0.05) is 37.4 Å². The Morgan fingerprint density at radius 2 is 1.32 bits per heavy atom. The minimum absolute atomic E-state index is 0.0202. The highest BCUT2D eigenvalue weighted by molar-refractivity contribution is 6.08. The maximum atomic E-state index is 13.9. The molecule has 5 rings (SSSR count). The lowest BCUT2D eigenvalue weighted by atomic mass is 9.57. The second-order valence-electron chi connectivity index (χ2n) is 12.6. The predicted molar refractivity (Wildman–Crippen MR) is 156 cm³/mol. The fourth-order valence-electron chi connectivity index (χ4n) is 7.89. The van der Waals surface area contributed by atoms with E-state index in [1.165, 1.54) is 9.80 Å². The molecular formula is C33H40N2O9. The van der Waals surface area contributed by atoms with E-state index in [9.17, 15) is 33.9 Å². The molecule has 4 amide bonds. The van der Waals surface area contributed by atoms with Crippen LogP contribution in [0.2, 0.25) is 0 Å². The van der Waals surface area contributed by atoms with Gasteiger partial charge < -0.3 is 15.3 Å². The summed E-state index contributed by atoms with van der Waals surface area (Å²) in [5, 5.41) is 29.0. The van der Waals surface area contributed by atoms with Crippen LogP contribution in [0.1, 0.15) is 81.3 Å². The molecule has 0 aromatic heterocycles. The average molecular weight is 609 g/mol. The molecule has 236 valence electrons. The number of rotatable bonds is 13. The highest BCUT2D eigenvalue weighted by atomic mass is 16.4. The number of unbranched alkanes of at least 4 members (excludes halogenated alkanes) is 4. The number of aromatic hydroxyl groups is 1. The Bertz CT molecular complexity index is 1400. The Balaban J connectivity index is 1.42. The van der Waals surface area contributed by atoms with Crippen LogP contribution in [0.3, 0.4) is 0 Å². The molecule has 11 nitrogen and oxygen atoms in total. The average Bonchev–Trinajstić information content (AvgIpc) is 3.36. The highest BCUT2D eigenvalue weighted by Gasteiger charge is 2.62. The van der Waals surface area contributed by atoms with Crippen LogP contribution in [-0.2, 0) is 28.8 Å². The maximum Gasteiger partial charge on any atom is 0.303 e. The number of imide groups is 2. The monoisotopic (exact) mass is 608 g/mol. The molecule has 1 aromatic rings. The minimum Gasteiger partial charge on any atom is -0.507 e. The lowest BCUT2D eigenvalue weighted by molar-refractivity contribution is -0.142. The van der Waals surface area contributed by atoms with Crippen LogP contribution in [-0.4, -0.2) is 73.8 Å². The van der Waals surface area contributed by atoms with Gasteiger partial charge in [0.1, 0.15) is 5.75 Å². The number of carboxylic acid groups (broad SMARTS) is 2. The van der Waals surface area contributed by atoms with Crippen LogP contribution >= 0.6 is 0 Å². The number of fused-ring (bicyclic) bond motifs is 4. The Labute approximate surface area is 255 Å². The maximum absolute atomic E-state index is 13.9. The molecule has 2 heterocycles. The lowest BCUT2D eigenvalue weighted by Crippen LogP contribution is -2.43. The third-order valence-electron chi connectivity index (χ3n) is 9.98. The molecule has 2 aliphatic carbocycles. The van der Waals surface area contributed by atoms with Gasteiger partial charge in [0.25, 0.3) is 0 Å². The molecule has 1 aromatic carbocycles. The van der Waals surface area contributed by atoms with Crippen LogP contribution in [0.4, 0.5) is 0 Å². The van der Waals surface area contributed by atoms with Crippen molar-refractivity contribution >= 4 is 35.6 Å². The summed E-state index contributed by atoms with van der Waals surface area (Å²) >= 11 is 0. The van der Waals surface area contributed by atoms with Crippen molar-refractivity contribution in [3.63, 3.8) is 0 Å². The van der Waals surface area contributed by atoms with Crippen molar-refractivity contribution in [3.8, 4) is 5.75 Å². The molecule has 11 heteroatoms. The van der Waals surface area contributed by atoms with Gasteiger partial charge in [-0.15, -0.1) is 0 Å². The molecule has 0 radical (unpaired) electrons. The Morgan fingerprint density at radius 3 is 1.91 bits per heavy atom. The first-order valence-electron chi connectivity index (χ1n) is 15.6. The minimum atomic E-state index is -0.893. The van der Waals surface area contributed by atoms with E-state index in [-0.39, 0.29) is 61.7 Å². The molecule has 2 aliphatic heterocycles. The van der Waals surface area contributed by atoms with E-state index < -0.39 is 47.4 Å². The molecule has 1 saturated carbocycles. The van der Waals surface area contributed by atoms with Crippen molar-refractivity contribution in [3.05, 3.63) is 41.0 Å². The van der Waals surface area contributed by atoms with Crippen LogP contribution in [0.5, 0.6) is 5.75 Å². The number of aryl methyl sites for hydroxylation is 1. The van der Waals surface area contributed by atoms with Crippen molar-refractivity contribution in [2.45, 2.75) is 77.0 Å². The van der Waals surface area contributed by atoms with E-state index in [1.807, 2.05) is 6.08 Å².